The lowest BCUT2D eigenvalue weighted by Gasteiger charge is -2.41. The highest BCUT2D eigenvalue weighted by Gasteiger charge is 2.36. The molecule has 9 nitrogen and oxygen atoms in total. The van der Waals surface area contributed by atoms with Crippen LogP contribution >= 0.6 is 0 Å². The number of nitriles is 1. The summed E-state index contributed by atoms with van der Waals surface area (Å²) in [5.41, 5.74) is 3.48. The second-order valence-corrected chi connectivity index (χ2v) is 11.0. The first-order valence-corrected chi connectivity index (χ1v) is 13.3. The van der Waals surface area contributed by atoms with Crippen molar-refractivity contribution < 1.29 is 9.59 Å². The van der Waals surface area contributed by atoms with Gasteiger partial charge in [0.1, 0.15) is 6.04 Å². The second-order valence-electron chi connectivity index (χ2n) is 11.0. The monoisotopic (exact) mass is 527 g/mol. The van der Waals surface area contributed by atoms with Crippen LogP contribution in [0.2, 0.25) is 0 Å². The third-order valence-electron chi connectivity index (χ3n) is 6.67. The van der Waals surface area contributed by atoms with Crippen molar-refractivity contribution in [1.82, 2.24) is 30.0 Å². The zero-order chi connectivity index (χ0) is 27.8. The Hall–Kier alpha value is -4.16. The van der Waals surface area contributed by atoms with Crippen molar-refractivity contribution in [3.63, 3.8) is 0 Å². The van der Waals surface area contributed by atoms with E-state index >= 15 is 0 Å². The molecule has 0 radical (unpaired) electrons. The van der Waals surface area contributed by atoms with Gasteiger partial charge in [-0.1, -0.05) is 42.5 Å². The minimum Gasteiger partial charge on any atom is -0.354 e. The fourth-order valence-corrected chi connectivity index (χ4v) is 4.70. The van der Waals surface area contributed by atoms with Crippen molar-refractivity contribution >= 4 is 11.9 Å². The molecule has 9 heteroatoms. The number of hydrogen-bond donors (Lipinski definition) is 2. The molecule has 3 aromatic rings. The summed E-state index contributed by atoms with van der Waals surface area (Å²) in [6.45, 7) is 9.25. The Balaban J connectivity index is 1.38. The largest absolute Gasteiger partial charge is 0.354 e. The first-order valence-electron chi connectivity index (χ1n) is 13.3. The number of rotatable bonds is 8. The zero-order valence-corrected chi connectivity index (χ0v) is 22.9. The minimum atomic E-state index is -0.589. The van der Waals surface area contributed by atoms with Crippen LogP contribution in [0.15, 0.2) is 67.1 Å². The third kappa shape index (κ3) is 7.91. The summed E-state index contributed by atoms with van der Waals surface area (Å²) < 4.78 is 2.04. The van der Waals surface area contributed by atoms with E-state index in [0.29, 0.717) is 44.7 Å². The summed E-state index contributed by atoms with van der Waals surface area (Å²) in [5.74, 6) is -0.157. The SMILES string of the molecule is CC(C)(C)NC(=O)N1CCN(Cc2ccccc2)C[C@@H]1C(=O)NCCc1cncn1Cc1ccc(C#N)cc1. The molecule has 0 spiro atoms. The molecule has 2 heterocycles. The molecule has 3 amide bonds. The Bertz CT molecular complexity index is 1290. The van der Waals surface area contributed by atoms with Crippen LogP contribution in [-0.2, 0) is 24.3 Å². The Morgan fingerprint density at radius 2 is 1.74 bits per heavy atom. The molecule has 0 aliphatic carbocycles. The van der Waals surface area contributed by atoms with Gasteiger partial charge >= 0.3 is 6.03 Å². The maximum atomic E-state index is 13.4. The van der Waals surface area contributed by atoms with Crippen LogP contribution in [0.25, 0.3) is 0 Å². The normalized spacial score (nSPS) is 15.9. The Morgan fingerprint density at radius 1 is 1.03 bits per heavy atom. The highest BCUT2D eigenvalue weighted by atomic mass is 16.2. The van der Waals surface area contributed by atoms with Crippen molar-refractivity contribution in [3.8, 4) is 6.07 Å². The highest BCUT2D eigenvalue weighted by molar-refractivity contribution is 5.87. The van der Waals surface area contributed by atoms with Gasteiger partial charge in [0.2, 0.25) is 5.91 Å². The van der Waals surface area contributed by atoms with E-state index < -0.39 is 11.6 Å². The zero-order valence-electron chi connectivity index (χ0n) is 22.9. The standard InChI is InChI=1S/C30H37N7O2/c1-30(2,3)34-29(39)37-16-15-35(19-24-7-5-4-6-8-24)21-27(37)28(38)33-14-13-26-18-32-22-36(26)20-25-11-9-23(17-31)10-12-25/h4-12,18,22,27H,13-16,19-21H2,1-3H3,(H,33,38)(H,34,39)/t27-/m1/s1. The fraction of sp³-hybridized carbons (Fsp3) is 0.400. The van der Waals surface area contributed by atoms with Gasteiger partial charge < -0.3 is 20.1 Å². The van der Waals surface area contributed by atoms with E-state index in [2.05, 4.69) is 38.7 Å². The first-order chi connectivity index (χ1) is 18.7. The van der Waals surface area contributed by atoms with Gasteiger partial charge in [-0.15, -0.1) is 0 Å². The molecule has 1 aliphatic heterocycles. The van der Waals surface area contributed by atoms with E-state index in [9.17, 15) is 9.59 Å². The summed E-state index contributed by atoms with van der Waals surface area (Å²) >= 11 is 0. The number of nitrogens with one attached hydrogen (secondary N) is 2. The molecule has 39 heavy (non-hydrogen) atoms. The topological polar surface area (TPSA) is 106 Å². The number of imidazole rings is 1. The molecule has 204 valence electrons. The Kier molecular flexibility index (Phi) is 8.99. The molecule has 2 aromatic carbocycles. The molecule has 0 unspecified atom stereocenters. The lowest BCUT2D eigenvalue weighted by Crippen LogP contribution is -2.63. The Morgan fingerprint density at radius 3 is 2.44 bits per heavy atom. The number of benzene rings is 2. The number of urea groups is 1. The molecular formula is C30H37N7O2. The van der Waals surface area contributed by atoms with Crippen LogP contribution in [0.4, 0.5) is 4.79 Å². The molecule has 1 aromatic heterocycles. The van der Waals surface area contributed by atoms with Gasteiger partial charge in [-0.3, -0.25) is 9.69 Å². The smallest absolute Gasteiger partial charge is 0.318 e. The minimum absolute atomic E-state index is 0.157. The molecule has 4 rings (SSSR count). The number of amides is 3. The maximum Gasteiger partial charge on any atom is 0.318 e. The summed E-state index contributed by atoms with van der Waals surface area (Å²) in [7, 11) is 0. The number of nitrogens with zero attached hydrogens (tertiary/aromatic N) is 5. The van der Waals surface area contributed by atoms with E-state index in [4.69, 9.17) is 5.26 Å². The average Bonchev–Trinajstić information content (AvgIpc) is 3.35. The van der Waals surface area contributed by atoms with Crippen molar-refractivity contribution in [2.45, 2.75) is 51.9 Å². The molecule has 1 fully saturated rings. The summed E-state index contributed by atoms with van der Waals surface area (Å²) in [6, 6.07) is 19.0. The van der Waals surface area contributed by atoms with Gasteiger partial charge in [-0.2, -0.15) is 5.26 Å². The molecule has 0 saturated carbocycles. The van der Waals surface area contributed by atoms with Crippen molar-refractivity contribution in [1.29, 1.82) is 5.26 Å². The van der Waals surface area contributed by atoms with E-state index in [1.807, 2.05) is 55.7 Å². The van der Waals surface area contributed by atoms with Crippen molar-refractivity contribution in [3.05, 3.63) is 89.5 Å². The number of aromatic nitrogens is 2. The number of carbonyl (C=O) groups excluding carboxylic acids is 2. The lowest BCUT2D eigenvalue weighted by atomic mass is 10.1. The van der Waals surface area contributed by atoms with Crippen LogP contribution in [0.5, 0.6) is 0 Å². The van der Waals surface area contributed by atoms with Crippen LogP contribution in [0.1, 0.15) is 43.2 Å². The highest BCUT2D eigenvalue weighted by Crippen LogP contribution is 2.16. The molecule has 1 atom stereocenters. The van der Waals surface area contributed by atoms with Gasteiger partial charge in [0.25, 0.3) is 0 Å². The lowest BCUT2D eigenvalue weighted by molar-refractivity contribution is -0.127. The summed E-state index contributed by atoms with van der Waals surface area (Å²) in [4.78, 5) is 34.7. The summed E-state index contributed by atoms with van der Waals surface area (Å²) in [5, 5.41) is 15.1. The number of piperazine rings is 1. The van der Waals surface area contributed by atoms with Crippen LogP contribution < -0.4 is 10.6 Å². The number of carbonyl (C=O) groups is 2. The van der Waals surface area contributed by atoms with Crippen molar-refractivity contribution in [2.24, 2.45) is 0 Å². The maximum absolute atomic E-state index is 13.4. The van der Waals surface area contributed by atoms with Gasteiger partial charge in [0, 0.05) is 63.1 Å². The predicted molar refractivity (Wildman–Crippen MR) is 150 cm³/mol. The van der Waals surface area contributed by atoms with E-state index in [1.54, 1.807) is 29.6 Å². The van der Waals surface area contributed by atoms with Crippen molar-refractivity contribution in [2.75, 3.05) is 26.2 Å². The average molecular weight is 528 g/mol. The van der Waals surface area contributed by atoms with E-state index in [1.165, 1.54) is 5.56 Å². The van der Waals surface area contributed by atoms with Gasteiger partial charge in [0.05, 0.1) is 18.0 Å². The quantitative estimate of drug-likeness (QED) is 0.468. The van der Waals surface area contributed by atoms with Gasteiger partial charge in [-0.05, 0) is 44.0 Å². The van der Waals surface area contributed by atoms with Crippen LogP contribution in [0, 0.1) is 11.3 Å². The van der Waals surface area contributed by atoms with Crippen LogP contribution in [-0.4, -0.2) is 69.0 Å². The molecule has 0 bridgehead atoms. The Labute approximate surface area is 230 Å². The molecule has 2 N–H and O–H groups in total. The third-order valence-corrected chi connectivity index (χ3v) is 6.67. The van der Waals surface area contributed by atoms with Gasteiger partial charge in [0.15, 0.2) is 0 Å². The van der Waals surface area contributed by atoms with E-state index in [-0.39, 0.29) is 11.9 Å². The number of hydrogen-bond acceptors (Lipinski definition) is 5. The first kappa shape index (κ1) is 27.9. The van der Waals surface area contributed by atoms with E-state index in [0.717, 1.165) is 17.8 Å². The van der Waals surface area contributed by atoms with Crippen LogP contribution in [0.3, 0.4) is 0 Å². The molecular weight excluding hydrogens is 490 g/mol. The summed E-state index contributed by atoms with van der Waals surface area (Å²) in [6.07, 6.45) is 4.19. The molecule has 1 saturated heterocycles. The van der Waals surface area contributed by atoms with Gasteiger partial charge in [-0.25, -0.2) is 9.78 Å². The fourth-order valence-electron chi connectivity index (χ4n) is 4.70. The predicted octanol–water partition coefficient (Wildman–Crippen LogP) is 3.16. The second kappa shape index (κ2) is 12.6. The molecule has 1 aliphatic rings.